The van der Waals surface area contributed by atoms with E-state index in [1.165, 1.54) is 19.1 Å². The number of halogens is 2. The van der Waals surface area contributed by atoms with Crippen LogP contribution in [-0.2, 0) is 4.74 Å². The first-order valence-electron chi connectivity index (χ1n) is 7.07. The van der Waals surface area contributed by atoms with E-state index >= 15 is 0 Å². The summed E-state index contributed by atoms with van der Waals surface area (Å²) in [5, 5.41) is 0. The molecule has 2 rings (SSSR count). The fourth-order valence-corrected chi connectivity index (χ4v) is 2.90. The van der Waals surface area contributed by atoms with Crippen molar-refractivity contribution in [3.05, 3.63) is 56.6 Å². The molecule has 0 saturated carbocycles. The molecular weight excluding hydrogens is 381 g/mol. The van der Waals surface area contributed by atoms with Gasteiger partial charge >= 0.3 is 5.97 Å². The van der Waals surface area contributed by atoms with Crippen LogP contribution in [0, 0.1) is 19.7 Å². The summed E-state index contributed by atoms with van der Waals surface area (Å²) >= 11 is 3.13. The Kier molecular flexibility index (Phi) is 5.33. The molecule has 0 aliphatic heterocycles. The third-order valence-electron chi connectivity index (χ3n) is 3.55. The zero-order valence-electron chi connectivity index (χ0n) is 13.3. The van der Waals surface area contributed by atoms with Crippen LogP contribution >= 0.6 is 15.9 Å². The minimum atomic E-state index is -0.817. The van der Waals surface area contributed by atoms with Crippen LogP contribution in [0.2, 0.25) is 0 Å². The smallest absolute Gasteiger partial charge is 0.339 e. The predicted octanol–water partition coefficient (Wildman–Crippen LogP) is 3.78. The molecule has 0 amide bonds. The lowest BCUT2D eigenvalue weighted by Crippen LogP contribution is -2.16. The van der Waals surface area contributed by atoms with Gasteiger partial charge in [-0.1, -0.05) is 0 Å². The van der Waals surface area contributed by atoms with Crippen LogP contribution in [0.25, 0.3) is 0 Å². The van der Waals surface area contributed by atoms with E-state index in [-0.39, 0.29) is 17.0 Å². The molecule has 7 heteroatoms. The number of Topliss-reactive ketones (excluding diaryl/α,β-unsaturated/α-hetero) is 2. The van der Waals surface area contributed by atoms with Gasteiger partial charge in [-0.05, 0) is 60.5 Å². The van der Waals surface area contributed by atoms with Crippen molar-refractivity contribution in [1.29, 1.82) is 0 Å². The van der Waals surface area contributed by atoms with Crippen molar-refractivity contribution in [2.45, 2.75) is 20.8 Å². The Morgan fingerprint density at radius 2 is 1.92 bits per heavy atom. The number of ketones is 2. The number of benzene rings is 1. The Morgan fingerprint density at radius 1 is 1.25 bits per heavy atom. The number of nitrogens with one attached hydrogen (secondary N) is 1. The Hall–Kier alpha value is -2.28. The Bertz CT molecular complexity index is 841. The van der Waals surface area contributed by atoms with Gasteiger partial charge in [0.15, 0.2) is 12.4 Å². The lowest BCUT2D eigenvalue weighted by molar-refractivity contribution is 0.0472. The molecule has 1 N–H and O–H groups in total. The lowest BCUT2D eigenvalue weighted by Gasteiger charge is -2.06. The Labute approximate surface area is 146 Å². The number of ether oxygens (including phenoxy) is 1. The number of esters is 1. The summed E-state index contributed by atoms with van der Waals surface area (Å²) in [5.41, 5.74) is 1.78. The van der Waals surface area contributed by atoms with E-state index in [1.54, 1.807) is 13.8 Å². The molecule has 0 spiro atoms. The van der Waals surface area contributed by atoms with Crippen molar-refractivity contribution in [1.82, 2.24) is 4.98 Å². The molecule has 1 heterocycles. The van der Waals surface area contributed by atoms with Crippen molar-refractivity contribution in [3.63, 3.8) is 0 Å². The number of carbonyl (C=O) groups excluding carboxylic acids is 3. The molecule has 2 aromatic rings. The lowest BCUT2D eigenvalue weighted by atomic mass is 10.1. The molecule has 24 heavy (non-hydrogen) atoms. The van der Waals surface area contributed by atoms with E-state index in [0.29, 0.717) is 21.3 Å². The van der Waals surface area contributed by atoms with Gasteiger partial charge in [0.05, 0.1) is 11.3 Å². The van der Waals surface area contributed by atoms with Crippen molar-refractivity contribution in [2.24, 2.45) is 0 Å². The fourth-order valence-electron chi connectivity index (χ4n) is 2.49. The molecule has 5 nitrogen and oxygen atoms in total. The normalized spacial score (nSPS) is 10.5. The van der Waals surface area contributed by atoms with Crippen LogP contribution in [0.1, 0.15) is 49.4 Å². The summed E-state index contributed by atoms with van der Waals surface area (Å²) in [6.07, 6.45) is 0. The first kappa shape index (κ1) is 18.1. The van der Waals surface area contributed by atoms with Crippen molar-refractivity contribution in [3.8, 4) is 0 Å². The average molecular weight is 396 g/mol. The zero-order valence-corrected chi connectivity index (χ0v) is 14.9. The fraction of sp³-hybridized carbons (Fsp3) is 0.235. The Morgan fingerprint density at radius 3 is 2.50 bits per heavy atom. The van der Waals surface area contributed by atoms with Gasteiger partial charge in [0.1, 0.15) is 5.82 Å². The third kappa shape index (κ3) is 3.62. The minimum absolute atomic E-state index is 0.00777. The summed E-state index contributed by atoms with van der Waals surface area (Å²) in [6.45, 7) is 4.24. The second kappa shape index (κ2) is 7.09. The van der Waals surface area contributed by atoms with Crippen LogP contribution in [0.5, 0.6) is 0 Å². The first-order chi connectivity index (χ1) is 11.2. The van der Waals surface area contributed by atoms with Crippen LogP contribution < -0.4 is 0 Å². The third-order valence-corrected chi connectivity index (χ3v) is 4.24. The van der Waals surface area contributed by atoms with Crippen LogP contribution in [0.4, 0.5) is 4.39 Å². The van der Waals surface area contributed by atoms with E-state index < -0.39 is 24.2 Å². The molecular formula is C17H15BrFNO4. The van der Waals surface area contributed by atoms with E-state index in [0.717, 1.165) is 6.07 Å². The number of aryl methyl sites for hydroxylation is 1. The monoisotopic (exact) mass is 395 g/mol. The van der Waals surface area contributed by atoms with E-state index in [1.807, 2.05) is 0 Å². The molecule has 0 aliphatic carbocycles. The number of H-pyrrole nitrogens is 1. The summed E-state index contributed by atoms with van der Waals surface area (Å²) in [7, 11) is 0. The average Bonchev–Trinajstić information content (AvgIpc) is 2.81. The Balaban J connectivity index is 2.14. The summed E-state index contributed by atoms with van der Waals surface area (Å²) in [4.78, 5) is 38.7. The van der Waals surface area contributed by atoms with Crippen molar-refractivity contribution >= 4 is 33.5 Å². The number of hydrogen-bond acceptors (Lipinski definition) is 4. The topological polar surface area (TPSA) is 76.2 Å². The molecule has 0 radical (unpaired) electrons. The summed E-state index contributed by atoms with van der Waals surface area (Å²) in [5.74, 6) is -2.02. The number of aromatic nitrogens is 1. The van der Waals surface area contributed by atoms with Gasteiger partial charge in [-0.15, -0.1) is 0 Å². The standard InChI is InChI=1S/C17H15BrFNO4/c1-8-15(10(3)21)9(2)20-16(8)14(22)7-24-17(23)12-6-11(19)4-5-13(12)18/h4-6,20H,7H2,1-3H3. The second-order valence-electron chi connectivity index (χ2n) is 5.30. The van der Waals surface area contributed by atoms with Crippen LogP contribution in [0.15, 0.2) is 22.7 Å². The van der Waals surface area contributed by atoms with Gasteiger partial charge in [-0.2, -0.15) is 0 Å². The highest BCUT2D eigenvalue weighted by Crippen LogP contribution is 2.21. The largest absolute Gasteiger partial charge is 0.454 e. The van der Waals surface area contributed by atoms with E-state index in [2.05, 4.69) is 20.9 Å². The van der Waals surface area contributed by atoms with E-state index in [4.69, 9.17) is 4.74 Å². The maximum absolute atomic E-state index is 13.2. The van der Waals surface area contributed by atoms with Gasteiger partial charge in [0.2, 0.25) is 5.78 Å². The van der Waals surface area contributed by atoms with Crippen molar-refractivity contribution in [2.75, 3.05) is 6.61 Å². The van der Waals surface area contributed by atoms with E-state index in [9.17, 15) is 18.8 Å². The summed E-state index contributed by atoms with van der Waals surface area (Å²) < 4.78 is 18.5. The number of hydrogen-bond donors (Lipinski definition) is 1. The van der Waals surface area contributed by atoms with Crippen LogP contribution in [-0.4, -0.2) is 29.1 Å². The number of rotatable bonds is 5. The summed E-state index contributed by atoms with van der Waals surface area (Å²) in [6, 6.07) is 3.60. The van der Waals surface area contributed by atoms with Crippen molar-refractivity contribution < 1.29 is 23.5 Å². The van der Waals surface area contributed by atoms with Gasteiger partial charge < -0.3 is 9.72 Å². The highest BCUT2D eigenvalue weighted by molar-refractivity contribution is 9.10. The quantitative estimate of drug-likeness (QED) is 0.617. The van der Waals surface area contributed by atoms with Gasteiger partial charge in [-0.3, -0.25) is 9.59 Å². The predicted molar refractivity (Wildman–Crippen MR) is 89.0 cm³/mol. The zero-order chi connectivity index (χ0) is 18.0. The first-order valence-corrected chi connectivity index (χ1v) is 7.87. The van der Waals surface area contributed by atoms with Gasteiger partial charge in [0.25, 0.3) is 0 Å². The molecule has 0 unspecified atom stereocenters. The van der Waals surface area contributed by atoms with Gasteiger partial charge in [0, 0.05) is 15.7 Å². The second-order valence-corrected chi connectivity index (χ2v) is 6.16. The maximum atomic E-state index is 13.2. The molecule has 1 aromatic carbocycles. The highest BCUT2D eigenvalue weighted by atomic mass is 79.9. The molecule has 0 bridgehead atoms. The number of aromatic amines is 1. The maximum Gasteiger partial charge on any atom is 0.339 e. The molecule has 126 valence electrons. The SMILES string of the molecule is CC(=O)c1c(C)[nH]c(C(=O)COC(=O)c2cc(F)ccc2Br)c1C. The van der Waals surface area contributed by atoms with Gasteiger partial charge in [-0.25, -0.2) is 9.18 Å². The molecule has 0 fully saturated rings. The minimum Gasteiger partial charge on any atom is -0.454 e. The number of carbonyl (C=O) groups is 3. The molecule has 0 atom stereocenters. The highest BCUT2D eigenvalue weighted by Gasteiger charge is 2.21. The van der Waals surface area contributed by atoms with Crippen LogP contribution in [0.3, 0.4) is 0 Å². The molecule has 0 saturated heterocycles. The molecule has 1 aromatic heterocycles. The molecule has 0 aliphatic rings.